The molecule has 1 aromatic heterocycles. The molecule has 1 spiro atoms. The molecule has 2 aliphatic rings. The van der Waals surface area contributed by atoms with E-state index < -0.39 is 29.5 Å². The summed E-state index contributed by atoms with van der Waals surface area (Å²) in [6.45, 7) is 6.69. The molecule has 3 amide bonds. The standard InChI is InChI=1S/C35H41BrFN7O5S/c1-34(2,3)49-33(47)43-31-27(42-30(50-31)22-12-8-13-23(36)26(22)37)29(45)40-24(19-38)28(39-4)44-16-9-14-35(15-17-44)18-25(35)41-32(46)48-20-21-10-6-5-7-11-21/h5-8,10-13,19,25H,9,14-18,20H2,1-4H3,(H5,38,39,40,41,43,45,46,47)/p+1. The predicted octanol–water partition coefficient (Wildman–Crippen LogP) is 6.09. The quantitative estimate of drug-likeness (QED) is 0.136. The van der Waals surface area contributed by atoms with Gasteiger partial charge in [-0.05, 0) is 85.5 Å². The third-order valence-electron chi connectivity index (χ3n) is 8.54. The Bertz CT molecular complexity index is 1810. The molecule has 2 atom stereocenters. The van der Waals surface area contributed by atoms with Crippen molar-refractivity contribution in [3.8, 4) is 10.6 Å². The van der Waals surface area contributed by atoms with Crippen LogP contribution in [0.2, 0.25) is 0 Å². The van der Waals surface area contributed by atoms with Crippen molar-refractivity contribution in [3.05, 3.63) is 82.0 Å². The van der Waals surface area contributed by atoms with Gasteiger partial charge in [0.1, 0.15) is 33.7 Å². The van der Waals surface area contributed by atoms with Gasteiger partial charge >= 0.3 is 12.2 Å². The summed E-state index contributed by atoms with van der Waals surface area (Å²) in [7, 11) is 1.74. The molecule has 3 aromatic rings. The number of amides is 3. The second-order valence-corrected chi connectivity index (χ2v) is 15.1. The van der Waals surface area contributed by atoms with Crippen molar-refractivity contribution in [2.24, 2.45) is 11.1 Å². The lowest BCUT2D eigenvalue weighted by Crippen LogP contribution is -2.41. The molecule has 266 valence electrons. The molecule has 12 nitrogen and oxygen atoms in total. The Morgan fingerprint density at radius 2 is 1.88 bits per heavy atom. The monoisotopic (exact) mass is 770 g/mol. The molecule has 6 N–H and O–H groups in total. The highest BCUT2D eigenvalue weighted by molar-refractivity contribution is 9.10. The number of carbonyl (C=O) groups is 3. The molecular weight excluding hydrogens is 729 g/mol. The van der Waals surface area contributed by atoms with Gasteiger partial charge in [-0.3, -0.25) is 20.0 Å². The first-order valence-electron chi connectivity index (χ1n) is 16.3. The minimum absolute atomic E-state index is 0.0258. The Kier molecular flexibility index (Phi) is 11.5. The Morgan fingerprint density at radius 3 is 2.58 bits per heavy atom. The molecule has 1 aliphatic carbocycles. The number of benzene rings is 2. The summed E-state index contributed by atoms with van der Waals surface area (Å²) in [5.41, 5.74) is 6.49. The van der Waals surface area contributed by atoms with Gasteiger partial charge in [-0.15, -0.1) is 0 Å². The maximum absolute atomic E-state index is 15.1. The number of thiazole rings is 1. The van der Waals surface area contributed by atoms with E-state index in [4.69, 9.17) is 15.2 Å². The Hall–Kier alpha value is -4.50. The number of ether oxygens (including phenoxy) is 2. The maximum atomic E-state index is 15.1. The first kappa shape index (κ1) is 36.8. The van der Waals surface area contributed by atoms with E-state index in [0.29, 0.717) is 24.6 Å². The second kappa shape index (κ2) is 15.6. The van der Waals surface area contributed by atoms with Crippen LogP contribution in [0.3, 0.4) is 0 Å². The highest BCUT2D eigenvalue weighted by Crippen LogP contribution is 2.53. The number of carbonyl (C=O) groups excluding carboxylic acids is 3. The SMILES string of the molecule is CNC(C(=CN)NC(=O)c1nc(-c2cccc(Br)c2F)sc1NC(=O)OC(C)(C)C)=[N+]1CCCC2(CC1)CC2NC(=O)OCc1ccccc1. The zero-order valence-corrected chi connectivity index (χ0v) is 30.8. The van der Waals surface area contributed by atoms with Gasteiger partial charge in [-0.1, -0.05) is 47.7 Å². The van der Waals surface area contributed by atoms with E-state index in [1.165, 1.54) is 12.3 Å². The van der Waals surface area contributed by atoms with Gasteiger partial charge in [0.15, 0.2) is 5.69 Å². The molecule has 1 saturated heterocycles. The Morgan fingerprint density at radius 1 is 1.12 bits per heavy atom. The largest absolute Gasteiger partial charge is 0.445 e. The van der Waals surface area contributed by atoms with Crippen LogP contribution in [0.5, 0.6) is 0 Å². The summed E-state index contributed by atoms with van der Waals surface area (Å²) in [4.78, 5) is 43.5. The van der Waals surface area contributed by atoms with E-state index in [1.54, 1.807) is 40.0 Å². The normalized spacial score (nSPS) is 20.0. The number of nitrogens with two attached hydrogens (primary N) is 1. The fraction of sp³-hybridized carbons (Fsp3) is 0.400. The highest BCUT2D eigenvalue weighted by Gasteiger charge is 2.55. The third-order valence-corrected chi connectivity index (χ3v) is 10.2. The molecule has 0 bridgehead atoms. The van der Waals surface area contributed by atoms with Crippen LogP contribution in [0.4, 0.5) is 19.0 Å². The molecule has 5 rings (SSSR count). The van der Waals surface area contributed by atoms with E-state index in [9.17, 15) is 14.4 Å². The van der Waals surface area contributed by atoms with Crippen LogP contribution < -0.4 is 27.0 Å². The lowest BCUT2D eigenvalue weighted by atomic mass is 9.96. The summed E-state index contributed by atoms with van der Waals surface area (Å²) in [6, 6.07) is 14.3. The van der Waals surface area contributed by atoms with Crippen molar-refractivity contribution < 1.29 is 32.8 Å². The van der Waals surface area contributed by atoms with Crippen molar-refractivity contribution >= 4 is 56.2 Å². The van der Waals surface area contributed by atoms with Gasteiger partial charge < -0.3 is 25.8 Å². The summed E-state index contributed by atoms with van der Waals surface area (Å²) in [5, 5.41) is 11.9. The van der Waals surface area contributed by atoms with Crippen LogP contribution in [-0.4, -0.2) is 65.3 Å². The number of halogens is 2. The van der Waals surface area contributed by atoms with E-state index in [2.05, 4.69) is 46.8 Å². The molecule has 0 radical (unpaired) electrons. The van der Waals surface area contributed by atoms with Crippen LogP contribution in [0.25, 0.3) is 10.6 Å². The number of likely N-dealkylation sites (N-methyl/N-ethyl adjacent to an activating group) is 1. The van der Waals surface area contributed by atoms with Crippen molar-refractivity contribution in [1.29, 1.82) is 0 Å². The van der Waals surface area contributed by atoms with Gasteiger partial charge in [0.25, 0.3) is 11.7 Å². The van der Waals surface area contributed by atoms with Crippen LogP contribution in [0, 0.1) is 11.2 Å². The molecule has 50 heavy (non-hydrogen) atoms. The summed E-state index contributed by atoms with van der Waals surface area (Å²) < 4.78 is 28.2. The zero-order valence-electron chi connectivity index (χ0n) is 28.4. The molecular formula is C35H42BrFN7O5S+. The first-order chi connectivity index (χ1) is 23.8. The molecule has 2 fully saturated rings. The third kappa shape index (κ3) is 8.99. The Balaban J connectivity index is 1.29. The van der Waals surface area contributed by atoms with Gasteiger partial charge in [-0.25, -0.2) is 19.0 Å². The van der Waals surface area contributed by atoms with Gasteiger partial charge in [0, 0.05) is 17.8 Å². The smallest absolute Gasteiger partial charge is 0.412 e. The number of hydrogen-bond donors (Lipinski definition) is 5. The van der Waals surface area contributed by atoms with Crippen molar-refractivity contribution in [1.82, 2.24) is 20.9 Å². The van der Waals surface area contributed by atoms with Gasteiger partial charge in [-0.2, -0.15) is 0 Å². The molecule has 1 aliphatic heterocycles. The van der Waals surface area contributed by atoms with E-state index in [1.807, 2.05) is 30.3 Å². The molecule has 2 unspecified atom stereocenters. The van der Waals surface area contributed by atoms with Crippen molar-refractivity contribution in [2.75, 3.05) is 25.5 Å². The molecule has 15 heteroatoms. The summed E-state index contributed by atoms with van der Waals surface area (Å²) >= 11 is 4.14. The number of amidine groups is 1. The number of alkyl carbamates (subject to hydrolysis) is 1. The number of nitrogens with one attached hydrogen (secondary N) is 4. The van der Waals surface area contributed by atoms with E-state index >= 15 is 4.39 Å². The minimum atomic E-state index is -0.795. The maximum Gasteiger partial charge on any atom is 0.412 e. The van der Waals surface area contributed by atoms with Crippen molar-refractivity contribution in [3.63, 3.8) is 0 Å². The summed E-state index contributed by atoms with van der Waals surface area (Å²) in [6.07, 6.45) is 3.53. The van der Waals surface area contributed by atoms with Gasteiger partial charge in [0.2, 0.25) is 0 Å². The van der Waals surface area contributed by atoms with E-state index in [0.717, 1.165) is 42.6 Å². The van der Waals surface area contributed by atoms with E-state index in [-0.39, 0.29) is 43.8 Å². The lowest BCUT2D eigenvalue weighted by Gasteiger charge is -2.19. The topological polar surface area (TPSA) is 160 Å². The van der Waals surface area contributed by atoms with Crippen molar-refractivity contribution in [2.45, 2.75) is 64.7 Å². The molecule has 1 saturated carbocycles. The average molecular weight is 772 g/mol. The number of hydrogen-bond acceptors (Lipinski definition) is 8. The fourth-order valence-corrected chi connectivity index (χ4v) is 7.35. The highest BCUT2D eigenvalue weighted by atomic mass is 79.9. The van der Waals surface area contributed by atoms with Crippen LogP contribution in [0.1, 0.15) is 62.5 Å². The van der Waals surface area contributed by atoms with Crippen LogP contribution in [0.15, 0.2) is 64.9 Å². The fourth-order valence-electron chi connectivity index (χ4n) is 6.02. The Labute approximate surface area is 302 Å². The minimum Gasteiger partial charge on any atom is -0.445 e. The number of rotatable bonds is 8. The predicted molar refractivity (Wildman–Crippen MR) is 193 cm³/mol. The molecule has 2 heterocycles. The number of anilines is 1. The second-order valence-electron chi connectivity index (χ2n) is 13.2. The van der Waals surface area contributed by atoms with Crippen LogP contribution in [-0.2, 0) is 16.1 Å². The summed E-state index contributed by atoms with van der Waals surface area (Å²) in [5.74, 6) is -0.618. The molecule has 2 aromatic carbocycles. The number of nitrogens with zero attached hydrogens (tertiary/aromatic N) is 2. The lowest BCUT2D eigenvalue weighted by molar-refractivity contribution is -0.528. The first-order valence-corrected chi connectivity index (χ1v) is 17.9. The van der Waals surface area contributed by atoms with Crippen LogP contribution >= 0.6 is 27.3 Å². The zero-order chi connectivity index (χ0) is 36.1. The number of aromatic nitrogens is 1. The van der Waals surface area contributed by atoms with Gasteiger partial charge in [0.05, 0.1) is 24.6 Å². The average Bonchev–Trinajstić information content (AvgIpc) is 3.65.